The number of carbonyl (C=O) groups is 2. The van der Waals surface area contributed by atoms with Gasteiger partial charge in [-0.05, 0) is 31.5 Å². The summed E-state index contributed by atoms with van der Waals surface area (Å²) in [5.41, 5.74) is 1.03. The molecule has 3 unspecified atom stereocenters. The number of hydrogen-bond acceptors (Lipinski definition) is 4. The lowest BCUT2D eigenvalue weighted by Gasteiger charge is -2.25. The van der Waals surface area contributed by atoms with Crippen molar-refractivity contribution in [3.8, 4) is 5.75 Å². The first-order valence-corrected chi connectivity index (χ1v) is 7.21. The molecule has 1 aliphatic rings. The number of ether oxygens (including phenoxy) is 2. The summed E-state index contributed by atoms with van der Waals surface area (Å²) < 4.78 is 10.8. The number of amides is 1. The molecule has 1 heterocycles. The van der Waals surface area contributed by atoms with Gasteiger partial charge in [0.25, 0.3) is 5.91 Å². The summed E-state index contributed by atoms with van der Waals surface area (Å²) in [4.78, 5) is 25.1. The van der Waals surface area contributed by atoms with Gasteiger partial charge in [0, 0.05) is 20.1 Å². The SMILES string of the molecule is COC1CC(C(=O)O)N(C(=O)C(C)Oc2cccc(C)c2)C1. The molecule has 0 aromatic heterocycles. The molecule has 0 spiro atoms. The third kappa shape index (κ3) is 3.57. The van der Waals surface area contributed by atoms with Gasteiger partial charge < -0.3 is 19.5 Å². The number of aryl methyl sites for hydroxylation is 1. The minimum Gasteiger partial charge on any atom is -0.481 e. The molecule has 120 valence electrons. The van der Waals surface area contributed by atoms with Crippen LogP contribution in [0.4, 0.5) is 0 Å². The highest BCUT2D eigenvalue weighted by atomic mass is 16.5. The Bertz CT molecular complexity index is 559. The summed E-state index contributed by atoms with van der Waals surface area (Å²) in [6.45, 7) is 3.83. The smallest absolute Gasteiger partial charge is 0.326 e. The Hall–Kier alpha value is -2.08. The summed E-state index contributed by atoms with van der Waals surface area (Å²) in [6, 6.07) is 6.52. The second-order valence-electron chi connectivity index (χ2n) is 5.51. The van der Waals surface area contributed by atoms with Crippen molar-refractivity contribution in [2.24, 2.45) is 0 Å². The van der Waals surface area contributed by atoms with Gasteiger partial charge in [0.15, 0.2) is 6.10 Å². The summed E-state index contributed by atoms with van der Waals surface area (Å²) >= 11 is 0. The predicted molar refractivity (Wildman–Crippen MR) is 79.8 cm³/mol. The van der Waals surface area contributed by atoms with Gasteiger partial charge in [-0.25, -0.2) is 4.79 Å². The van der Waals surface area contributed by atoms with E-state index in [1.165, 1.54) is 12.0 Å². The first-order chi connectivity index (χ1) is 10.4. The quantitative estimate of drug-likeness (QED) is 0.891. The van der Waals surface area contributed by atoms with Crippen molar-refractivity contribution >= 4 is 11.9 Å². The van der Waals surface area contributed by atoms with Crippen LogP contribution in [0.1, 0.15) is 18.9 Å². The summed E-state index contributed by atoms with van der Waals surface area (Å²) in [5.74, 6) is -0.765. The maximum Gasteiger partial charge on any atom is 0.326 e. The Morgan fingerprint density at radius 2 is 2.14 bits per heavy atom. The summed E-state index contributed by atoms with van der Waals surface area (Å²) in [7, 11) is 1.52. The largest absolute Gasteiger partial charge is 0.481 e. The Morgan fingerprint density at radius 1 is 1.41 bits per heavy atom. The lowest BCUT2D eigenvalue weighted by atomic mass is 10.2. The monoisotopic (exact) mass is 307 g/mol. The molecule has 1 N–H and O–H groups in total. The highest BCUT2D eigenvalue weighted by Gasteiger charge is 2.41. The standard InChI is InChI=1S/C16H21NO5/c1-10-5-4-6-12(7-10)22-11(2)15(18)17-9-13(21-3)8-14(17)16(19)20/h4-7,11,13-14H,8-9H2,1-3H3,(H,19,20). The summed E-state index contributed by atoms with van der Waals surface area (Å²) in [6.07, 6.45) is -0.704. The fraction of sp³-hybridized carbons (Fsp3) is 0.500. The molecule has 22 heavy (non-hydrogen) atoms. The highest BCUT2D eigenvalue weighted by molar-refractivity contribution is 5.87. The molecule has 1 aliphatic heterocycles. The minimum atomic E-state index is -1.02. The molecule has 0 bridgehead atoms. The second kappa shape index (κ2) is 6.79. The van der Waals surface area contributed by atoms with Gasteiger partial charge >= 0.3 is 5.97 Å². The Labute approximate surface area is 129 Å². The van der Waals surface area contributed by atoms with Gasteiger partial charge in [-0.15, -0.1) is 0 Å². The molecule has 0 radical (unpaired) electrons. The van der Waals surface area contributed by atoms with Crippen molar-refractivity contribution in [1.29, 1.82) is 0 Å². The summed E-state index contributed by atoms with van der Waals surface area (Å²) in [5, 5.41) is 9.26. The molecule has 6 nitrogen and oxygen atoms in total. The number of rotatable bonds is 5. The second-order valence-corrected chi connectivity index (χ2v) is 5.51. The lowest BCUT2D eigenvalue weighted by molar-refractivity contribution is -0.150. The van der Waals surface area contributed by atoms with Gasteiger partial charge in [-0.1, -0.05) is 12.1 Å². The van der Waals surface area contributed by atoms with Crippen LogP contribution < -0.4 is 4.74 Å². The van der Waals surface area contributed by atoms with E-state index >= 15 is 0 Å². The van der Waals surface area contributed by atoms with Gasteiger partial charge in [0.05, 0.1) is 6.10 Å². The molecule has 0 saturated carbocycles. The number of benzene rings is 1. The normalized spacial score (nSPS) is 22.4. The molecule has 1 fully saturated rings. The van der Waals surface area contributed by atoms with Crippen molar-refractivity contribution in [3.63, 3.8) is 0 Å². The maximum atomic E-state index is 12.5. The fourth-order valence-corrected chi connectivity index (χ4v) is 2.62. The Balaban J connectivity index is 2.07. The van der Waals surface area contributed by atoms with Crippen LogP contribution in [0.2, 0.25) is 0 Å². The van der Waals surface area contributed by atoms with E-state index in [2.05, 4.69) is 0 Å². The van der Waals surface area contributed by atoms with Gasteiger partial charge in [0.1, 0.15) is 11.8 Å². The third-order valence-corrected chi connectivity index (χ3v) is 3.81. The van der Waals surface area contributed by atoms with Crippen molar-refractivity contribution in [1.82, 2.24) is 4.90 Å². The zero-order valence-corrected chi connectivity index (χ0v) is 13.0. The number of aliphatic carboxylic acids is 1. The predicted octanol–water partition coefficient (Wildman–Crippen LogP) is 1.46. The van der Waals surface area contributed by atoms with E-state index < -0.39 is 18.1 Å². The number of carbonyl (C=O) groups excluding carboxylic acids is 1. The van der Waals surface area contributed by atoms with Crippen molar-refractivity contribution in [2.75, 3.05) is 13.7 Å². The molecule has 1 saturated heterocycles. The van der Waals surface area contributed by atoms with Crippen LogP contribution >= 0.6 is 0 Å². The molecule has 1 amide bonds. The van der Waals surface area contributed by atoms with E-state index in [0.717, 1.165) is 5.56 Å². The number of nitrogens with zero attached hydrogens (tertiary/aromatic N) is 1. The zero-order chi connectivity index (χ0) is 16.3. The van der Waals surface area contributed by atoms with E-state index in [9.17, 15) is 14.7 Å². The van der Waals surface area contributed by atoms with E-state index in [4.69, 9.17) is 9.47 Å². The molecule has 1 aromatic carbocycles. The number of likely N-dealkylation sites (tertiary alicyclic amines) is 1. The number of hydrogen-bond donors (Lipinski definition) is 1. The molecule has 3 atom stereocenters. The number of methoxy groups -OCH3 is 1. The number of carboxylic acid groups (broad SMARTS) is 1. The fourth-order valence-electron chi connectivity index (χ4n) is 2.62. The van der Waals surface area contributed by atoms with Crippen LogP contribution in [-0.4, -0.2) is 53.8 Å². The molecule has 6 heteroatoms. The van der Waals surface area contributed by atoms with Crippen LogP contribution in [-0.2, 0) is 14.3 Å². The number of carboxylic acids is 1. The molecular formula is C16H21NO5. The first-order valence-electron chi connectivity index (χ1n) is 7.21. The minimum absolute atomic E-state index is 0.254. The Morgan fingerprint density at radius 3 is 2.73 bits per heavy atom. The maximum absolute atomic E-state index is 12.5. The van der Waals surface area contributed by atoms with Crippen LogP contribution in [0.3, 0.4) is 0 Å². The van der Waals surface area contributed by atoms with Crippen molar-refractivity contribution in [3.05, 3.63) is 29.8 Å². The van der Waals surface area contributed by atoms with Crippen LogP contribution in [0.25, 0.3) is 0 Å². The molecule has 1 aromatic rings. The topological polar surface area (TPSA) is 76.1 Å². The Kier molecular flexibility index (Phi) is 5.03. The van der Waals surface area contributed by atoms with Crippen molar-refractivity contribution < 1.29 is 24.2 Å². The van der Waals surface area contributed by atoms with Crippen LogP contribution in [0.15, 0.2) is 24.3 Å². The van der Waals surface area contributed by atoms with Crippen LogP contribution in [0, 0.1) is 6.92 Å². The van der Waals surface area contributed by atoms with E-state index in [-0.39, 0.29) is 18.6 Å². The van der Waals surface area contributed by atoms with Crippen molar-refractivity contribution in [2.45, 2.75) is 38.5 Å². The average Bonchev–Trinajstić information content (AvgIpc) is 2.91. The van der Waals surface area contributed by atoms with E-state index in [0.29, 0.717) is 12.2 Å². The zero-order valence-electron chi connectivity index (χ0n) is 13.0. The molecule has 0 aliphatic carbocycles. The van der Waals surface area contributed by atoms with E-state index in [1.54, 1.807) is 13.0 Å². The lowest BCUT2D eigenvalue weighted by Crippen LogP contribution is -2.46. The average molecular weight is 307 g/mol. The molecule has 2 rings (SSSR count). The van der Waals surface area contributed by atoms with Gasteiger partial charge in [-0.3, -0.25) is 4.79 Å². The van der Waals surface area contributed by atoms with E-state index in [1.807, 2.05) is 25.1 Å². The highest BCUT2D eigenvalue weighted by Crippen LogP contribution is 2.23. The van der Waals surface area contributed by atoms with Gasteiger partial charge in [-0.2, -0.15) is 0 Å². The third-order valence-electron chi connectivity index (χ3n) is 3.81. The molecular weight excluding hydrogens is 286 g/mol. The van der Waals surface area contributed by atoms with Gasteiger partial charge in [0.2, 0.25) is 0 Å². The van der Waals surface area contributed by atoms with Crippen LogP contribution in [0.5, 0.6) is 5.75 Å². The first kappa shape index (κ1) is 16.3.